The van der Waals surface area contributed by atoms with Gasteiger partial charge in [-0.1, -0.05) is 60.7 Å². The molecular weight excluding hydrogens is 1090 g/mol. The topological polar surface area (TPSA) is 17.1 Å². The van der Waals surface area contributed by atoms with E-state index in [1.165, 1.54) is 12.1 Å². The van der Waals surface area contributed by atoms with Crippen molar-refractivity contribution in [2.45, 2.75) is 55.6 Å². The Bertz CT molecular complexity index is 2350. The van der Waals surface area contributed by atoms with Crippen molar-refractivity contribution in [1.82, 2.24) is 0 Å². The van der Waals surface area contributed by atoms with Gasteiger partial charge < -0.3 is 0 Å². The second-order valence-electron chi connectivity index (χ2n) is 15.9. The van der Waals surface area contributed by atoms with E-state index >= 15 is 0 Å². The zero-order chi connectivity index (χ0) is 56.3. The molecule has 0 saturated carbocycles. The molecule has 400 valence electrons. The predicted molar refractivity (Wildman–Crippen MR) is 210 cm³/mol. The Morgan fingerprint density at radius 2 is 0.493 bits per heavy atom. The first-order chi connectivity index (χ1) is 32.6. The van der Waals surface area contributed by atoms with Crippen LogP contribution in [0.15, 0.2) is 97.1 Å². The monoisotopic (exact) mass is 1110 g/mol. The fourth-order valence-corrected chi connectivity index (χ4v) is 7.95. The molecule has 0 atom stereocenters. The molecule has 0 amide bonds. The third-order valence-electron chi connectivity index (χ3n) is 10.4. The fraction of sp³-hybridized carbons (Fsp3) is 0.279. The van der Waals surface area contributed by atoms with E-state index in [9.17, 15) is 123 Å². The van der Waals surface area contributed by atoms with Crippen LogP contribution in [0.1, 0.15) is 60.4 Å². The first-order valence-corrected chi connectivity index (χ1v) is 21.4. The highest BCUT2D eigenvalue weighted by atomic mass is 32.2. The second-order valence-corrected chi connectivity index (χ2v) is 18.1. The van der Waals surface area contributed by atoms with Gasteiger partial charge in [-0.3, -0.25) is 4.79 Å². The molecule has 73 heavy (non-hydrogen) atoms. The molecule has 0 aliphatic rings. The van der Waals surface area contributed by atoms with Gasteiger partial charge in [-0.25, -0.2) is 0 Å². The van der Waals surface area contributed by atoms with Gasteiger partial charge in [0.2, 0.25) is 5.78 Å². The van der Waals surface area contributed by atoms with Crippen molar-refractivity contribution in [1.29, 1.82) is 0 Å². The minimum Gasteiger partial charge on any atom is -0.289 e. The summed E-state index contributed by atoms with van der Waals surface area (Å²) < 4.78 is 378. The largest absolute Gasteiger partial charge is 0.416 e. The summed E-state index contributed by atoms with van der Waals surface area (Å²) in [6.45, 7) is 0. The van der Waals surface area contributed by atoms with Crippen LogP contribution in [0.2, 0.25) is 0 Å². The van der Waals surface area contributed by atoms with Crippen molar-refractivity contribution in [3.8, 4) is 0 Å². The van der Waals surface area contributed by atoms with Crippen LogP contribution in [0.5, 0.6) is 0 Å². The first kappa shape index (κ1) is 59.9. The Labute approximate surface area is 394 Å². The number of Topliss-reactive ketones (excluding diaryl/α,β-unsaturated/α-hetero) is 1. The molecule has 0 aliphatic carbocycles. The summed E-state index contributed by atoms with van der Waals surface area (Å²) >= 11 is 0. The molecule has 0 unspecified atom stereocenters. The zero-order valence-electron chi connectivity index (χ0n) is 35.5. The minimum atomic E-state index is -6.13. The van der Waals surface area contributed by atoms with Crippen molar-refractivity contribution in [2.75, 3.05) is 18.3 Å². The summed E-state index contributed by atoms with van der Waals surface area (Å²) in [6.07, 6.45) is -55.3. The maximum Gasteiger partial charge on any atom is 0.416 e. The number of benzene rings is 5. The van der Waals surface area contributed by atoms with E-state index in [2.05, 4.69) is 0 Å². The van der Waals surface area contributed by atoms with Gasteiger partial charge in [-0.05, 0) is 47.3 Å². The highest BCUT2D eigenvalue weighted by molar-refractivity contribution is 7.96. The van der Waals surface area contributed by atoms with Crippen molar-refractivity contribution in [2.24, 2.45) is 0 Å². The van der Waals surface area contributed by atoms with Crippen LogP contribution in [-0.4, -0.2) is 30.2 Å². The second kappa shape index (κ2) is 19.9. The summed E-state index contributed by atoms with van der Waals surface area (Å²) in [6, 6.07) is -4.46. The van der Waals surface area contributed by atoms with E-state index in [4.69, 9.17) is 0 Å². The lowest BCUT2D eigenvalue weighted by Gasteiger charge is -2.46. The first-order valence-electron chi connectivity index (χ1n) is 19.2. The highest BCUT2D eigenvalue weighted by Gasteiger charge is 2.47. The highest BCUT2D eigenvalue weighted by Crippen LogP contribution is 2.41. The molecule has 0 N–H and O–H groups in total. The predicted octanol–water partition coefficient (Wildman–Crippen LogP) is 14.0. The summed E-state index contributed by atoms with van der Waals surface area (Å²) in [5.74, 6) is 0.271. The van der Waals surface area contributed by atoms with Crippen LogP contribution in [-0.2, 0) is 66.5 Å². The lowest BCUT2D eigenvalue weighted by Crippen LogP contribution is -2.75. The van der Waals surface area contributed by atoms with Crippen molar-refractivity contribution in [3.63, 3.8) is 0 Å². The number of halogens is 27. The number of ketones is 1. The number of carbonyl (C=O) groups is 1. The maximum atomic E-state index is 14.2. The molecule has 0 heterocycles. The molecule has 0 radical (unpaired) electrons. The number of hydrogen-bond acceptors (Lipinski definition) is 1. The Morgan fingerprint density at radius 1 is 0.315 bits per heavy atom. The van der Waals surface area contributed by atoms with Crippen LogP contribution in [0.4, 0.5) is 119 Å². The average Bonchev–Trinajstić information content (AvgIpc) is 3.21. The number of hydrogen-bond donors (Lipinski definition) is 0. The van der Waals surface area contributed by atoms with E-state index < -0.39 is 206 Å². The number of carbonyl (C=O) groups excluding carboxylic acids is 1. The summed E-state index contributed by atoms with van der Waals surface area (Å²) in [5.41, 5.74) is -30.6. The van der Waals surface area contributed by atoms with E-state index in [0.717, 1.165) is 12.1 Å². The molecule has 1 nitrogen and oxygen atoms in total. The van der Waals surface area contributed by atoms with E-state index in [1.807, 2.05) is 12.5 Å². The standard InChI is InChI=1S/C32H12BF24.C11H12F3OS/c34-25(35,36)13-1-14(26(37,38)39)6-21(5-13)33(22-7-15(27(40,41)42)2-16(8-22)28(43,44)45,23-9-17(29(46,47)48)3-18(10-23)30(49,50)51)24-11-19(31(52,53)54)4-20(12-24)32(55,56)57;1-16(2)7-10(15)8-3-5-9(6-4-8)11(12,13)14/h1-12H;3-6H,7H2,1-2H3/q-1;+1. The molecule has 0 aromatic heterocycles. The van der Waals surface area contributed by atoms with Crippen molar-refractivity contribution < 1.29 is 123 Å². The Morgan fingerprint density at radius 3 is 0.644 bits per heavy atom. The maximum absolute atomic E-state index is 14.2. The van der Waals surface area contributed by atoms with Gasteiger partial charge in [0.25, 0.3) is 0 Å². The number of rotatable bonds is 7. The molecule has 0 aliphatic heterocycles. The van der Waals surface area contributed by atoms with Gasteiger partial charge in [-0.2, -0.15) is 140 Å². The van der Waals surface area contributed by atoms with Gasteiger partial charge in [0.15, 0.2) is 5.75 Å². The van der Waals surface area contributed by atoms with Crippen LogP contribution in [0.3, 0.4) is 0 Å². The van der Waals surface area contributed by atoms with Gasteiger partial charge in [0, 0.05) is 5.56 Å². The van der Waals surface area contributed by atoms with Gasteiger partial charge in [0.05, 0.1) is 62.6 Å². The van der Waals surface area contributed by atoms with E-state index in [-0.39, 0.29) is 16.7 Å². The molecule has 5 rings (SSSR count). The van der Waals surface area contributed by atoms with Crippen molar-refractivity contribution in [3.05, 3.63) is 153 Å². The molecule has 5 aromatic carbocycles. The van der Waals surface area contributed by atoms with Gasteiger partial charge in [-0.15, -0.1) is 0 Å². The van der Waals surface area contributed by atoms with Crippen LogP contribution < -0.4 is 21.9 Å². The van der Waals surface area contributed by atoms with Crippen LogP contribution in [0, 0.1) is 0 Å². The molecule has 0 saturated heterocycles. The quantitative estimate of drug-likeness (QED) is 0.0687. The molecule has 0 fully saturated rings. The molecule has 0 spiro atoms. The Balaban J connectivity index is 0.000000613. The lowest BCUT2D eigenvalue weighted by molar-refractivity contribution is -0.144. The smallest absolute Gasteiger partial charge is 0.289 e. The SMILES string of the molecule is C[S+](C)CC(=O)c1ccc(C(F)(F)F)cc1.FC(F)(F)c1cc([B-](c2cc(C(F)(F)F)cc(C(F)(F)F)c2)(c2cc(C(F)(F)F)cc(C(F)(F)F)c2)c2cc(C(F)(F)F)cc(C(F)(F)F)c2)cc(C(F)(F)F)c1. The lowest BCUT2D eigenvalue weighted by atomic mass is 9.12. The van der Waals surface area contributed by atoms with Crippen LogP contribution in [0.25, 0.3) is 0 Å². The van der Waals surface area contributed by atoms with E-state index in [0.29, 0.717) is 11.3 Å². The van der Waals surface area contributed by atoms with Crippen LogP contribution >= 0.6 is 0 Å². The minimum absolute atomic E-state index is 0.0403. The molecule has 5 aromatic rings. The normalized spacial score (nSPS) is 13.8. The summed E-state index contributed by atoms with van der Waals surface area (Å²) in [5, 5.41) is 0. The average molecular weight is 1110 g/mol. The molecular formula is C43H24BF27OS. The van der Waals surface area contributed by atoms with Gasteiger partial charge >= 0.3 is 55.6 Å². The summed E-state index contributed by atoms with van der Waals surface area (Å²) in [7, 11) is -0.0403. The molecule has 0 bridgehead atoms. The molecule has 30 heteroatoms. The Kier molecular flexibility index (Phi) is 16.3. The van der Waals surface area contributed by atoms with E-state index in [1.54, 1.807) is 0 Å². The summed E-state index contributed by atoms with van der Waals surface area (Å²) in [4.78, 5) is 11.5. The number of alkyl halides is 27. The Hall–Kier alpha value is -5.71. The zero-order valence-corrected chi connectivity index (χ0v) is 36.4. The van der Waals surface area contributed by atoms with Gasteiger partial charge in [0.1, 0.15) is 6.15 Å². The van der Waals surface area contributed by atoms with Crippen molar-refractivity contribution >= 4 is 44.7 Å². The third-order valence-corrected chi connectivity index (χ3v) is 11.2. The fourth-order valence-electron chi connectivity index (χ4n) is 7.26. The third kappa shape index (κ3) is 14.3.